The molecule has 0 saturated heterocycles. The van der Waals surface area contributed by atoms with Crippen molar-refractivity contribution < 1.29 is 13.7 Å². The van der Waals surface area contributed by atoms with Crippen molar-refractivity contribution in [3.8, 4) is 5.75 Å². The Morgan fingerprint density at radius 2 is 1.91 bits per heavy atom. The summed E-state index contributed by atoms with van der Waals surface area (Å²) in [6, 6.07) is 12.6. The molecule has 1 amide bonds. The molecule has 4 nitrogen and oxygen atoms in total. The Morgan fingerprint density at radius 1 is 1.22 bits per heavy atom. The van der Waals surface area contributed by atoms with Crippen LogP contribution in [-0.2, 0) is 21.3 Å². The van der Waals surface area contributed by atoms with Crippen LogP contribution >= 0.6 is 11.6 Å². The van der Waals surface area contributed by atoms with Crippen LogP contribution < -0.4 is 10.1 Å². The SMILES string of the molecule is COc1ccc(Cl)cc1CS(=O)CC(=O)Nc1ccc(C)cc1. The van der Waals surface area contributed by atoms with E-state index in [2.05, 4.69) is 5.32 Å². The van der Waals surface area contributed by atoms with E-state index in [4.69, 9.17) is 16.3 Å². The second-order valence-electron chi connectivity index (χ2n) is 5.10. The molecule has 2 aromatic carbocycles. The maximum absolute atomic E-state index is 12.2. The molecule has 2 rings (SSSR count). The van der Waals surface area contributed by atoms with Crippen molar-refractivity contribution in [2.75, 3.05) is 18.2 Å². The van der Waals surface area contributed by atoms with Gasteiger partial charge in [-0.25, -0.2) is 0 Å². The Kier molecular flexibility index (Phi) is 6.19. The molecule has 23 heavy (non-hydrogen) atoms. The lowest BCUT2D eigenvalue weighted by molar-refractivity contribution is -0.113. The standard InChI is InChI=1S/C17H18ClNO3S/c1-12-3-6-15(7-4-12)19-17(20)11-23(21)10-13-9-14(18)5-8-16(13)22-2/h3-9H,10-11H2,1-2H3,(H,19,20). The Morgan fingerprint density at radius 3 is 2.57 bits per heavy atom. The molecule has 0 heterocycles. The number of carbonyl (C=O) groups is 1. The Balaban J connectivity index is 1.95. The van der Waals surface area contributed by atoms with Crippen LogP contribution in [0.4, 0.5) is 5.69 Å². The number of aryl methyl sites for hydroxylation is 1. The fraction of sp³-hybridized carbons (Fsp3) is 0.235. The Labute approximate surface area is 143 Å². The van der Waals surface area contributed by atoms with E-state index < -0.39 is 10.8 Å². The third-order valence-corrected chi connectivity index (χ3v) is 4.64. The third-order valence-electron chi connectivity index (χ3n) is 3.19. The second kappa shape index (κ2) is 8.13. The summed E-state index contributed by atoms with van der Waals surface area (Å²) in [4.78, 5) is 12.0. The van der Waals surface area contributed by atoms with Gasteiger partial charge in [0.15, 0.2) is 0 Å². The number of halogens is 1. The molecule has 6 heteroatoms. The summed E-state index contributed by atoms with van der Waals surface area (Å²) in [7, 11) is 0.191. The number of ether oxygens (including phenoxy) is 1. The molecule has 0 aliphatic carbocycles. The molecule has 2 aromatic rings. The first-order chi connectivity index (χ1) is 11.0. The summed E-state index contributed by atoms with van der Waals surface area (Å²) in [6.45, 7) is 1.97. The summed E-state index contributed by atoms with van der Waals surface area (Å²) in [6.07, 6.45) is 0. The van der Waals surface area contributed by atoms with Gasteiger partial charge in [-0.3, -0.25) is 9.00 Å². The molecular weight excluding hydrogens is 334 g/mol. The predicted molar refractivity (Wildman–Crippen MR) is 94.5 cm³/mol. The van der Waals surface area contributed by atoms with E-state index in [-0.39, 0.29) is 17.4 Å². The Hall–Kier alpha value is -1.85. The van der Waals surface area contributed by atoms with Gasteiger partial charge in [-0.05, 0) is 37.3 Å². The van der Waals surface area contributed by atoms with Crippen LogP contribution in [0.15, 0.2) is 42.5 Å². The Bertz CT molecular complexity index is 716. The van der Waals surface area contributed by atoms with E-state index in [1.165, 1.54) is 0 Å². The van der Waals surface area contributed by atoms with Gasteiger partial charge in [-0.15, -0.1) is 0 Å². The van der Waals surface area contributed by atoms with E-state index in [1.807, 2.05) is 31.2 Å². The number of carbonyl (C=O) groups excluding carboxylic acids is 1. The topological polar surface area (TPSA) is 55.4 Å². The van der Waals surface area contributed by atoms with E-state index in [1.54, 1.807) is 25.3 Å². The van der Waals surface area contributed by atoms with Crippen molar-refractivity contribution in [1.29, 1.82) is 0 Å². The van der Waals surface area contributed by atoms with Crippen molar-refractivity contribution in [1.82, 2.24) is 0 Å². The van der Waals surface area contributed by atoms with Gasteiger partial charge in [0.2, 0.25) is 5.91 Å². The fourth-order valence-corrected chi connectivity index (χ4v) is 3.30. The van der Waals surface area contributed by atoms with E-state index in [0.29, 0.717) is 16.5 Å². The predicted octanol–water partition coefficient (Wildman–Crippen LogP) is 3.54. The summed E-state index contributed by atoms with van der Waals surface area (Å²) < 4.78 is 17.4. The van der Waals surface area contributed by atoms with Gasteiger partial charge < -0.3 is 10.1 Å². The largest absolute Gasteiger partial charge is 0.496 e. The molecule has 0 spiro atoms. The molecule has 0 bridgehead atoms. The summed E-state index contributed by atoms with van der Waals surface area (Å²) in [5.41, 5.74) is 2.53. The van der Waals surface area contributed by atoms with Crippen LogP contribution in [0.2, 0.25) is 5.02 Å². The van der Waals surface area contributed by atoms with Gasteiger partial charge in [0.05, 0.1) is 12.9 Å². The zero-order valence-electron chi connectivity index (χ0n) is 13.0. The van der Waals surface area contributed by atoms with Crippen molar-refractivity contribution in [2.24, 2.45) is 0 Å². The maximum atomic E-state index is 12.2. The first-order valence-corrected chi connectivity index (χ1v) is 8.88. The second-order valence-corrected chi connectivity index (χ2v) is 6.99. The number of nitrogens with one attached hydrogen (secondary N) is 1. The minimum atomic E-state index is -1.35. The van der Waals surface area contributed by atoms with Crippen LogP contribution in [-0.4, -0.2) is 23.0 Å². The average molecular weight is 352 g/mol. The van der Waals surface area contributed by atoms with Crippen LogP contribution in [0.1, 0.15) is 11.1 Å². The lowest BCUT2D eigenvalue weighted by Gasteiger charge is -2.09. The number of rotatable bonds is 6. The molecule has 1 unspecified atom stereocenters. The molecule has 0 aromatic heterocycles. The third kappa shape index (κ3) is 5.37. The normalized spacial score (nSPS) is 11.8. The quantitative estimate of drug-likeness (QED) is 0.866. The van der Waals surface area contributed by atoms with Crippen LogP contribution in [0.5, 0.6) is 5.75 Å². The zero-order valence-corrected chi connectivity index (χ0v) is 14.5. The van der Waals surface area contributed by atoms with Crippen LogP contribution in [0, 0.1) is 6.92 Å². The fourth-order valence-electron chi connectivity index (χ4n) is 2.06. The first kappa shape index (κ1) is 17.5. The minimum Gasteiger partial charge on any atom is -0.496 e. The van der Waals surface area contributed by atoms with Gasteiger partial charge in [0.25, 0.3) is 0 Å². The molecule has 0 radical (unpaired) electrons. The number of anilines is 1. The van der Waals surface area contributed by atoms with Crippen molar-refractivity contribution in [3.63, 3.8) is 0 Å². The number of benzene rings is 2. The monoisotopic (exact) mass is 351 g/mol. The van der Waals surface area contributed by atoms with Gasteiger partial charge >= 0.3 is 0 Å². The summed E-state index contributed by atoms with van der Waals surface area (Å²) >= 11 is 5.95. The summed E-state index contributed by atoms with van der Waals surface area (Å²) in [5.74, 6) is 0.462. The number of amides is 1. The number of hydrogen-bond acceptors (Lipinski definition) is 3. The number of methoxy groups -OCH3 is 1. The van der Waals surface area contributed by atoms with Crippen LogP contribution in [0.25, 0.3) is 0 Å². The molecular formula is C17H18ClNO3S. The zero-order chi connectivity index (χ0) is 16.8. The first-order valence-electron chi connectivity index (χ1n) is 7.02. The lowest BCUT2D eigenvalue weighted by Crippen LogP contribution is -2.20. The molecule has 122 valence electrons. The molecule has 0 saturated carbocycles. The van der Waals surface area contributed by atoms with E-state index >= 15 is 0 Å². The molecule has 0 aliphatic rings. The maximum Gasteiger partial charge on any atom is 0.237 e. The smallest absolute Gasteiger partial charge is 0.237 e. The molecule has 1 atom stereocenters. The van der Waals surface area contributed by atoms with E-state index in [9.17, 15) is 9.00 Å². The molecule has 0 fully saturated rings. The summed E-state index contributed by atoms with van der Waals surface area (Å²) in [5, 5.41) is 3.28. The molecule has 0 aliphatic heterocycles. The van der Waals surface area contributed by atoms with Crippen molar-refractivity contribution >= 4 is 34.0 Å². The highest BCUT2D eigenvalue weighted by atomic mass is 35.5. The van der Waals surface area contributed by atoms with Gasteiger partial charge in [-0.2, -0.15) is 0 Å². The highest BCUT2D eigenvalue weighted by Crippen LogP contribution is 2.24. The number of hydrogen-bond donors (Lipinski definition) is 1. The lowest BCUT2D eigenvalue weighted by atomic mass is 10.2. The van der Waals surface area contributed by atoms with Crippen LogP contribution in [0.3, 0.4) is 0 Å². The molecule has 1 N–H and O–H groups in total. The average Bonchev–Trinajstić information content (AvgIpc) is 2.49. The van der Waals surface area contributed by atoms with Gasteiger partial charge in [0, 0.05) is 27.1 Å². The van der Waals surface area contributed by atoms with Gasteiger partial charge in [-0.1, -0.05) is 29.3 Å². The highest BCUT2D eigenvalue weighted by Gasteiger charge is 2.12. The van der Waals surface area contributed by atoms with Crippen molar-refractivity contribution in [3.05, 3.63) is 58.6 Å². The minimum absolute atomic E-state index is 0.0798. The van der Waals surface area contributed by atoms with Gasteiger partial charge in [0.1, 0.15) is 11.5 Å². The highest BCUT2D eigenvalue weighted by molar-refractivity contribution is 7.85. The van der Waals surface area contributed by atoms with Crippen molar-refractivity contribution in [2.45, 2.75) is 12.7 Å². The van der Waals surface area contributed by atoms with E-state index in [0.717, 1.165) is 11.1 Å².